The van der Waals surface area contributed by atoms with Crippen LogP contribution in [0.5, 0.6) is 5.75 Å². The lowest BCUT2D eigenvalue weighted by Crippen LogP contribution is -2.22. The molecule has 3 rings (SSSR count). The third-order valence-electron chi connectivity index (χ3n) is 5.04. The summed E-state index contributed by atoms with van der Waals surface area (Å²) < 4.78 is 10.9. The van der Waals surface area contributed by atoms with Crippen LogP contribution in [0.25, 0.3) is 0 Å². The highest BCUT2D eigenvalue weighted by atomic mass is 16.5. The van der Waals surface area contributed by atoms with E-state index in [9.17, 15) is 9.59 Å². The van der Waals surface area contributed by atoms with Crippen molar-refractivity contribution in [2.45, 2.75) is 45.6 Å². The fraction of sp³-hybridized carbons (Fsp3) is 0.308. The quantitative estimate of drug-likeness (QED) is 0.353. The minimum atomic E-state index is -0.217. The SMILES string of the molecule is CCCCCCCOc1ccc(C(=O)Nc2ccc(C(=O)NCc3ccco3)cc2)cc1. The molecule has 32 heavy (non-hydrogen) atoms. The van der Waals surface area contributed by atoms with Gasteiger partial charge in [0.2, 0.25) is 0 Å². The first kappa shape index (κ1) is 23.1. The molecule has 0 aliphatic rings. The largest absolute Gasteiger partial charge is 0.494 e. The molecule has 0 unspecified atom stereocenters. The Balaban J connectivity index is 1.44. The van der Waals surface area contributed by atoms with E-state index >= 15 is 0 Å². The van der Waals surface area contributed by atoms with Crippen LogP contribution in [-0.2, 0) is 6.54 Å². The maximum Gasteiger partial charge on any atom is 0.255 e. The van der Waals surface area contributed by atoms with E-state index in [0.717, 1.165) is 12.2 Å². The number of anilines is 1. The summed E-state index contributed by atoms with van der Waals surface area (Å²) in [6.45, 7) is 3.21. The summed E-state index contributed by atoms with van der Waals surface area (Å²) in [5.74, 6) is 1.03. The molecule has 2 amide bonds. The maximum absolute atomic E-state index is 12.5. The molecule has 0 atom stereocenters. The summed E-state index contributed by atoms with van der Waals surface area (Å²) in [5, 5.41) is 5.63. The number of unbranched alkanes of at least 4 members (excludes halogenated alkanes) is 4. The van der Waals surface area contributed by atoms with E-state index < -0.39 is 0 Å². The Morgan fingerprint density at radius 1 is 0.844 bits per heavy atom. The van der Waals surface area contributed by atoms with Crippen molar-refractivity contribution >= 4 is 17.5 Å². The topological polar surface area (TPSA) is 80.6 Å². The van der Waals surface area contributed by atoms with Crippen molar-refractivity contribution in [3.8, 4) is 5.75 Å². The number of amides is 2. The minimum absolute atomic E-state index is 0.208. The molecule has 6 heteroatoms. The average Bonchev–Trinajstić information content (AvgIpc) is 3.34. The molecule has 0 radical (unpaired) electrons. The van der Waals surface area contributed by atoms with E-state index in [1.54, 1.807) is 54.8 Å². The van der Waals surface area contributed by atoms with Crippen LogP contribution in [0.2, 0.25) is 0 Å². The molecule has 1 heterocycles. The summed E-state index contributed by atoms with van der Waals surface area (Å²) in [7, 11) is 0. The molecule has 0 spiro atoms. The lowest BCUT2D eigenvalue weighted by atomic mass is 10.1. The molecule has 1 aromatic heterocycles. The third-order valence-corrected chi connectivity index (χ3v) is 5.04. The zero-order chi connectivity index (χ0) is 22.6. The number of rotatable bonds is 12. The highest BCUT2D eigenvalue weighted by Crippen LogP contribution is 2.16. The van der Waals surface area contributed by atoms with E-state index in [-0.39, 0.29) is 11.8 Å². The monoisotopic (exact) mass is 434 g/mol. The zero-order valence-corrected chi connectivity index (χ0v) is 18.4. The molecule has 3 aromatic rings. The smallest absolute Gasteiger partial charge is 0.255 e. The summed E-state index contributed by atoms with van der Waals surface area (Å²) in [6.07, 6.45) is 7.53. The van der Waals surface area contributed by atoms with Gasteiger partial charge in [0.05, 0.1) is 19.4 Å². The Labute approximate surface area is 189 Å². The van der Waals surface area contributed by atoms with Crippen LogP contribution in [0, 0.1) is 0 Å². The third kappa shape index (κ3) is 7.30. The summed E-state index contributed by atoms with van der Waals surface area (Å²) >= 11 is 0. The molecule has 0 saturated carbocycles. The van der Waals surface area contributed by atoms with Gasteiger partial charge in [-0.1, -0.05) is 32.6 Å². The summed E-state index contributed by atoms with van der Waals surface area (Å²) in [6, 6.07) is 17.4. The highest BCUT2D eigenvalue weighted by molar-refractivity contribution is 6.04. The minimum Gasteiger partial charge on any atom is -0.494 e. The van der Waals surface area contributed by atoms with Crippen LogP contribution in [0.3, 0.4) is 0 Å². The predicted octanol–water partition coefficient (Wildman–Crippen LogP) is 5.81. The lowest BCUT2D eigenvalue weighted by Gasteiger charge is -2.09. The van der Waals surface area contributed by atoms with Gasteiger partial charge in [-0.2, -0.15) is 0 Å². The van der Waals surface area contributed by atoms with Gasteiger partial charge in [0.15, 0.2) is 0 Å². The molecule has 168 valence electrons. The summed E-state index contributed by atoms with van der Waals surface area (Å²) in [5.41, 5.74) is 1.66. The molecule has 0 aliphatic carbocycles. The molecule has 6 nitrogen and oxygen atoms in total. The number of nitrogens with one attached hydrogen (secondary N) is 2. The van der Waals surface area contributed by atoms with E-state index in [0.29, 0.717) is 35.7 Å². The second kappa shape index (κ2) is 12.3. The van der Waals surface area contributed by atoms with Crippen molar-refractivity contribution in [2.24, 2.45) is 0 Å². The Morgan fingerprint density at radius 2 is 1.53 bits per heavy atom. The van der Waals surface area contributed by atoms with Crippen molar-refractivity contribution < 1.29 is 18.7 Å². The molecule has 0 fully saturated rings. The zero-order valence-electron chi connectivity index (χ0n) is 18.4. The van der Waals surface area contributed by atoms with Crippen LogP contribution in [0.15, 0.2) is 71.3 Å². The molecule has 0 saturated heterocycles. The Kier molecular flexibility index (Phi) is 8.92. The first-order valence-corrected chi connectivity index (χ1v) is 11.1. The second-order valence-corrected chi connectivity index (χ2v) is 7.58. The van der Waals surface area contributed by atoms with Gasteiger partial charge in [0.1, 0.15) is 11.5 Å². The lowest BCUT2D eigenvalue weighted by molar-refractivity contribution is 0.0947. The Hall–Kier alpha value is -3.54. The number of benzene rings is 2. The van der Waals surface area contributed by atoms with Gasteiger partial charge in [-0.15, -0.1) is 0 Å². The Bertz CT molecular complexity index is 964. The molecule has 0 aliphatic heterocycles. The Morgan fingerprint density at radius 3 is 2.22 bits per heavy atom. The van der Waals surface area contributed by atoms with Crippen molar-refractivity contribution in [2.75, 3.05) is 11.9 Å². The first-order chi connectivity index (χ1) is 15.7. The number of carbonyl (C=O) groups is 2. The van der Waals surface area contributed by atoms with Crippen LogP contribution >= 0.6 is 0 Å². The standard InChI is InChI=1S/C26H30N2O4/c1-2-3-4-5-6-17-31-23-15-11-21(12-16-23)26(30)28-22-13-9-20(10-14-22)25(29)27-19-24-8-7-18-32-24/h7-16,18H,2-6,17,19H2,1H3,(H,27,29)(H,28,30). The van der Waals surface area contributed by atoms with E-state index in [4.69, 9.17) is 9.15 Å². The molecule has 0 bridgehead atoms. The van der Waals surface area contributed by atoms with Crippen LogP contribution in [-0.4, -0.2) is 18.4 Å². The van der Waals surface area contributed by atoms with E-state index in [1.165, 1.54) is 25.7 Å². The van der Waals surface area contributed by atoms with E-state index in [1.807, 2.05) is 12.1 Å². The second-order valence-electron chi connectivity index (χ2n) is 7.58. The number of furan rings is 1. The summed E-state index contributed by atoms with van der Waals surface area (Å²) in [4.78, 5) is 24.7. The van der Waals surface area contributed by atoms with Crippen LogP contribution < -0.4 is 15.4 Å². The van der Waals surface area contributed by atoms with Gasteiger partial charge < -0.3 is 19.8 Å². The van der Waals surface area contributed by atoms with Gasteiger partial charge in [-0.05, 0) is 67.1 Å². The number of ether oxygens (including phenoxy) is 1. The molecule has 2 aromatic carbocycles. The van der Waals surface area contributed by atoms with Gasteiger partial charge in [-0.25, -0.2) is 0 Å². The van der Waals surface area contributed by atoms with E-state index in [2.05, 4.69) is 17.6 Å². The number of hydrogen-bond donors (Lipinski definition) is 2. The fourth-order valence-corrected chi connectivity index (χ4v) is 3.19. The average molecular weight is 435 g/mol. The predicted molar refractivity (Wildman–Crippen MR) is 125 cm³/mol. The first-order valence-electron chi connectivity index (χ1n) is 11.1. The molecular weight excluding hydrogens is 404 g/mol. The van der Waals surface area contributed by atoms with Gasteiger partial charge in [-0.3, -0.25) is 9.59 Å². The number of carbonyl (C=O) groups excluding carboxylic acids is 2. The van der Waals surface area contributed by atoms with Gasteiger partial charge in [0.25, 0.3) is 11.8 Å². The van der Waals surface area contributed by atoms with Crippen molar-refractivity contribution in [3.05, 3.63) is 83.8 Å². The van der Waals surface area contributed by atoms with Crippen molar-refractivity contribution in [3.63, 3.8) is 0 Å². The highest BCUT2D eigenvalue weighted by Gasteiger charge is 2.09. The fourth-order valence-electron chi connectivity index (χ4n) is 3.19. The van der Waals surface area contributed by atoms with Gasteiger partial charge in [0, 0.05) is 16.8 Å². The molecular formula is C26H30N2O4. The number of hydrogen-bond acceptors (Lipinski definition) is 4. The van der Waals surface area contributed by atoms with Gasteiger partial charge >= 0.3 is 0 Å². The maximum atomic E-state index is 12.5. The van der Waals surface area contributed by atoms with Crippen molar-refractivity contribution in [1.82, 2.24) is 5.32 Å². The van der Waals surface area contributed by atoms with Crippen LogP contribution in [0.1, 0.15) is 65.5 Å². The van der Waals surface area contributed by atoms with Crippen LogP contribution in [0.4, 0.5) is 5.69 Å². The normalized spacial score (nSPS) is 10.5. The van der Waals surface area contributed by atoms with Crippen molar-refractivity contribution in [1.29, 1.82) is 0 Å². The molecule has 2 N–H and O–H groups in total.